The average Bonchev–Trinajstić information content (AvgIpc) is 3.27. The van der Waals surface area contributed by atoms with Crippen LogP contribution in [0, 0.1) is 0 Å². The van der Waals surface area contributed by atoms with Crippen molar-refractivity contribution >= 4 is 41.4 Å². The van der Waals surface area contributed by atoms with Gasteiger partial charge in [0.1, 0.15) is 6.61 Å². The number of carbonyl (C=O) groups is 4. The molecule has 0 radical (unpaired) electrons. The van der Waals surface area contributed by atoms with Crippen molar-refractivity contribution in [1.29, 1.82) is 0 Å². The molecule has 13 nitrogen and oxygen atoms in total. The molecule has 2 atom stereocenters. The first-order valence-electron chi connectivity index (χ1n) is 11.5. The first-order valence-corrected chi connectivity index (χ1v) is 12.2. The number of nitrogens with zero attached hydrogens (tertiary/aromatic N) is 4. The number of hydrogen-bond donors (Lipinski definition) is 0. The third-order valence-electron chi connectivity index (χ3n) is 5.01. The Bertz CT molecular complexity index is 912. The van der Waals surface area contributed by atoms with Crippen molar-refractivity contribution in [2.75, 3.05) is 51.0 Å². The van der Waals surface area contributed by atoms with Gasteiger partial charge < -0.3 is 33.5 Å². The number of carbonyl (C=O) groups excluding carboxylic acids is 4. The van der Waals surface area contributed by atoms with Crippen LogP contribution in [0.25, 0.3) is 0 Å². The van der Waals surface area contributed by atoms with E-state index in [1.165, 1.54) is 25.7 Å². The molecule has 0 saturated carbocycles. The van der Waals surface area contributed by atoms with Crippen molar-refractivity contribution in [2.24, 2.45) is 0 Å². The van der Waals surface area contributed by atoms with Crippen LogP contribution in [0.3, 0.4) is 0 Å². The topological polar surface area (TPSA) is 147 Å². The second-order valence-corrected chi connectivity index (χ2v) is 9.60. The van der Waals surface area contributed by atoms with Crippen LogP contribution < -0.4 is 9.64 Å². The van der Waals surface area contributed by atoms with Crippen molar-refractivity contribution < 1.29 is 42.9 Å². The first kappa shape index (κ1) is 29.2. The van der Waals surface area contributed by atoms with Gasteiger partial charge in [-0.25, -0.2) is 4.79 Å². The van der Waals surface area contributed by atoms with Crippen molar-refractivity contribution in [1.82, 2.24) is 13.6 Å². The Labute approximate surface area is 214 Å². The third kappa shape index (κ3) is 9.22. The number of ether oxygens (including phenoxy) is 5. The summed E-state index contributed by atoms with van der Waals surface area (Å²) in [5.74, 6) is -1.68. The summed E-state index contributed by atoms with van der Waals surface area (Å²) >= 11 is 0.984. The fraction of sp³-hybridized carbons (Fsp3) is 0.727. The van der Waals surface area contributed by atoms with Crippen LogP contribution in [-0.2, 0) is 38.1 Å². The molecule has 1 aromatic heterocycles. The highest BCUT2D eigenvalue weighted by atomic mass is 32.1. The molecule has 0 aliphatic carbocycles. The van der Waals surface area contributed by atoms with Crippen molar-refractivity contribution in [3.8, 4) is 5.88 Å². The number of morpholine rings is 1. The summed E-state index contributed by atoms with van der Waals surface area (Å²) < 4.78 is 35.1. The predicted octanol–water partition coefficient (Wildman–Crippen LogP) is 0.807. The second kappa shape index (κ2) is 13.3. The number of rotatable bonds is 11. The van der Waals surface area contributed by atoms with E-state index in [1.807, 2.05) is 4.90 Å². The lowest BCUT2D eigenvalue weighted by atomic mass is 10.1. The van der Waals surface area contributed by atoms with Crippen LogP contribution in [0.15, 0.2) is 0 Å². The van der Waals surface area contributed by atoms with E-state index in [4.69, 9.17) is 23.7 Å². The first-order chi connectivity index (χ1) is 16.9. The molecule has 0 aromatic carbocycles. The lowest BCUT2D eigenvalue weighted by Gasteiger charge is -2.37. The number of anilines is 1. The second-order valence-electron chi connectivity index (χ2n) is 9.07. The molecule has 0 N–H and O–H groups in total. The highest BCUT2D eigenvalue weighted by molar-refractivity contribution is 6.99. The van der Waals surface area contributed by atoms with E-state index in [0.29, 0.717) is 32.1 Å². The lowest BCUT2D eigenvalue weighted by Crippen LogP contribution is -2.52. The van der Waals surface area contributed by atoms with E-state index in [0.717, 1.165) is 11.7 Å². The van der Waals surface area contributed by atoms with Gasteiger partial charge in [-0.15, -0.1) is 4.37 Å². The van der Waals surface area contributed by atoms with Crippen LogP contribution in [0.2, 0.25) is 0 Å². The molecule has 1 aliphatic heterocycles. The number of aromatic nitrogens is 2. The molecule has 1 amide bonds. The standard InChI is InChI=1S/C22H34N4O9S/c1-14(34-16(3)28)21(30)35-17(11-26(22(4,5)6)18(29)13-32-15(2)27)12-33-20-19(23-36-24-20)25-7-9-31-10-8-25/h14,17H,7-13H2,1-6H3/t14?,17-/m0/s1. The molecule has 0 spiro atoms. The summed E-state index contributed by atoms with van der Waals surface area (Å²) in [7, 11) is 0. The molecule has 1 aliphatic rings. The number of esters is 3. The minimum atomic E-state index is -1.16. The molecule has 1 aromatic rings. The fourth-order valence-corrected chi connectivity index (χ4v) is 3.80. The summed E-state index contributed by atoms with van der Waals surface area (Å²) in [6.07, 6.45) is -2.12. The van der Waals surface area contributed by atoms with Gasteiger partial charge in [-0.3, -0.25) is 14.4 Å². The molecular formula is C22H34N4O9S. The average molecular weight is 531 g/mol. The van der Waals surface area contributed by atoms with Gasteiger partial charge >= 0.3 is 17.9 Å². The van der Waals surface area contributed by atoms with Gasteiger partial charge in [-0.05, 0) is 27.7 Å². The highest BCUT2D eigenvalue weighted by Gasteiger charge is 2.33. The molecular weight excluding hydrogens is 496 g/mol. The minimum Gasteiger partial charge on any atom is -0.470 e. The SMILES string of the molecule is CC(=O)OCC(=O)N(C[C@@H](COc1nsnc1N1CCOCC1)OC(=O)C(C)OC(C)=O)C(C)(C)C. The lowest BCUT2D eigenvalue weighted by molar-refractivity contribution is -0.172. The van der Waals surface area contributed by atoms with Gasteiger partial charge in [-0.2, -0.15) is 4.37 Å². The number of hydrogen-bond acceptors (Lipinski definition) is 13. The highest BCUT2D eigenvalue weighted by Crippen LogP contribution is 2.27. The molecule has 36 heavy (non-hydrogen) atoms. The fourth-order valence-electron chi connectivity index (χ4n) is 3.28. The zero-order valence-electron chi connectivity index (χ0n) is 21.5. The molecule has 1 unspecified atom stereocenters. The Hall–Kier alpha value is -3.00. The summed E-state index contributed by atoms with van der Waals surface area (Å²) in [4.78, 5) is 51.3. The van der Waals surface area contributed by atoms with Crippen LogP contribution in [-0.4, -0.2) is 101 Å². The maximum Gasteiger partial charge on any atom is 0.347 e. The number of amides is 1. The smallest absolute Gasteiger partial charge is 0.347 e. The van der Waals surface area contributed by atoms with Gasteiger partial charge in [-0.1, -0.05) is 0 Å². The van der Waals surface area contributed by atoms with Crippen LogP contribution in [0.4, 0.5) is 5.82 Å². The summed E-state index contributed by atoms with van der Waals surface area (Å²) in [5.41, 5.74) is -0.704. The van der Waals surface area contributed by atoms with E-state index >= 15 is 0 Å². The van der Waals surface area contributed by atoms with E-state index < -0.39 is 48.2 Å². The Balaban J connectivity index is 2.19. The Kier molecular flexibility index (Phi) is 10.8. The van der Waals surface area contributed by atoms with Crippen molar-refractivity contribution in [3.63, 3.8) is 0 Å². The minimum absolute atomic E-state index is 0.0768. The monoisotopic (exact) mass is 530 g/mol. The van der Waals surface area contributed by atoms with Crippen LogP contribution in [0.5, 0.6) is 5.88 Å². The predicted molar refractivity (Wildman–Crippen MR) is 128 cm³/mol. The molecule has 2 heterocycles. The Morgan fingerprint density at radius 1 is 1.08 bits per heavy atom. The maximum absolute atomic E-state index is 12.8. The molecule has 2 rings (SSSR count). The zero-order chi connectivity index (χ0) is 26.9. The summed E-state index contributed by atoms with van der Waals surface area (Å²) in [6, 6.07) is 0. The Morgan fingerprint density at radius 2 is 1.75 bits per heavy atom. The van der Waals surface area contributed by atoms with Crippen LogP contribution in [0.1, 0.15) is 41.5 Å². The van der Waals surface area contributed by atoms with Gasteiger partial charge in [0.05, 0.1) is 31.5 Å². The van der Waals surface area contributed by atoms with E-state index in [9.17, 15) is 19.2 Å². The Morgan fingerprint density at radius 3 is 2.33 bits per heavy atom. The van der Waals surface area contributed by atoms with Crippen molar-refractivity contribution in [3.05, 3.63) is 0 Å². The quantitative estimate of drug-likeness (QED) is 0.294. The molecule has 0 bridgehead atoms. The van der Waals surface area contributed by atoms with Gasteiger partial charge in [0.25, 0.3) is 11.8 Å². The summed E-state index contributed by atoms with van der Waals surface area (Å²) in [5, 5.41) is 0. The van der Waals surface area contributed by atoms with Gasteiger partial charge in [0.2, 0.25) is 5.82 Å². The van der Waals surface area contributed by atoms with Gasteiger partial charge in [0.15, 0.2) is 18.8 Å². The third-order valence-corrected chi connectivity index (χ3v) is 5.51. The molecule has 1 fully saturated rings. The molecule has 1 saturated heterocycles. The van der Waals surface area contributed by atoms with E-state index in [1.54, 1.807) is 20.8 Å². The van der Waals surface area contributed by atoms with Crippen molar-refractivity contribution in [2.45, 2.75) is 59.3 Å². The van der Waals surface area contributed by atoms with Crippen LogP contribution >= 0.6 is 11.7 Å². The van der Waals surface area contributed by atoms with Gasteiger partial charge in [0, 0.05) is 32.5 Å². The largest absolute Gasteiger partial charge is 0.470 e. The van der Waals surface area contributed by atoms with E-state index in [-0.39, 0.29) is 19.0 Å². The maximum atomic E-state index is 12.8. The summed E-state index contributed by atoms with van der Waals surface area (Å²) in [6.45, 7) is 10.8. The molecule has 202 valence electrons. The molecule has 14 heteroatoms. The normalized spacial score (nSPS) is 15.4. The van der Waals surface area contributed by atoms with E-state index in [2.05, 4.69) is 8.75 Å². The zero-order valence-corrected chi connectivity index (χ0v) is 22.3.